The van der Waals surface area contributed by atoms with Crippen LogP contribution in [0.5, 0.6) is 0 Å². The van der Waals surface area contributed by atoms with E-state index in [4.69, 9.17) is 0 Å². The van der Waals surface area contributed by atoms with Gasteiger partial charge in [0.15, 0.2) is 0 Å². The largest absolute Gasteiger partial charge is 0.309 e. The Morgan fingerprint density at radius 2 is 2.14 bits per heavy atom. The normalized spacial score (nSPS) is 13.5. The second kappa shape index (κ2) is 5.47. The number of thiazole rings is 1. The van der Waals surface area contributed by atoms with Crippen LogP contribution in [-0.4, -0.2) is 11.5 Å². The molecule has 0 aliphatic rings. The van der Waals surface area contributed by atoms with E-state index < -0.39 is 0 Å². The smallest absolute Gasteiger partial charge is 0.0926 e. The van der Waals surface area contributed by atoms with Gasteiger partial charge in [-0.2, -0.15) is 0 Å². The van der Waals surface area contributed by atoms with Gasteiger partial charge in [-0.25, -0.2) is 4.98 Å². The minimum Gasteiger partial charge on any atom is -0.309 e. The van der Waals surface area contributed by atoms with Crippen molar-refractivity contribution in [3.63, 3.8) is 0 Å². The Kier molecular flexibility index (Phi) is 4.55. The topological polar surface area (TPSA) is 24.9 Å². The molecule has 1 aromatic heterocycles. The number of hydrogen-bond donors (Lipinski definition) is 1. The molecule has 0 aliphatic carbocycles. The molecule has 0 radical (unpaired) electrons. The summed E-state index contributed by atoms with van der Waals surface area (Å²) in [6, 6.07) is 0.383. The summed E-state index contributed by atoms with van der Waals surface area (Å²) in [5, 5.41) is 6.88. The molecule has 0 amide bonds. The van der Waals surface area contributed by atoms with Gasteiger partial charge in [-0.1, -0.05) is 20.8 Å². The molecular formula is C11H20N2S. The molecule has 0 aromatic carbocycles. The van der Waals surface area contributed by atoms with Gasteiger partial charge in [0.1, 0.15) is 0 Å². The Morgan fingerprint density at radius 3 is 2.64 bits per heavy atom. The van der Waals surface area contributed by atoms with E-state index in [1.54, 1.807) is 11.3 Å². The lowest BCUT2D eigenvalue weighted by Gasteiger charge is -2.13. The van der Waals surface area contributed by atoms with Crippen LogP contribution in [0.25, 0.3) is 0 Å². The van der Waals surface area contributed by atoms with E-state index >= 15 is 0 Å². The number of aryl methyl sites for hydroxylation is 1. The van der Waals surface area contributed by atoms with E-state index in [2.05, 4.69) is 43.4 Å². The number of nitrogens with one attached hydrogen (secondary N) is 1. The maximum Gasteiger partial charge on any atom is 0.0926 e. The van der Waals surface area contributed by atoms with Gasteiger partial charge in [0.2, 0.25) is 0 Å². The molecular weight excluding hydrogens is 192 g/mol. The van der Waals surface area contributed by atoms with Gasteiger partial charge in [0.25, 0.3) is 0 Å². The average Bonchev–Trinajstić information content (AvgIpc) is 2.62. The van der Waals surface area contributed by atoms with Crippen LogP contribution in [0.3, 0.4) is 0 Å². The highest BCUT2D eigenvalue weighted by Crippen LogP contribution is 2.16. The summed E-state index contributed by atoms with van der Waals surface area (Å²) in [5.74, 6) is 0.696. The van der Waals surface area contributed by atoms with Crippen molar-refractivity contribution in [2.75, 3.05) is 6.54 Å². The van der Waals surface area contributed by atoms with Crippen molar-refractivity contribution in [2.45, 2.75) is 40.2 Å². The Morgan fingerprint density at radius 1 is 1.43 bits per heavy atom. The molecule has 14 heavy (non-hydrogen) atoms. The second-order valence-corrected chi connectivity index (χ2v) is 4.99. The highest BCUT2D eigenvalue weighted by Gasteiger charge is 2.08. The first kappa shape index (κ1) is 11.7. The fourth-order valence-electron chi connectivity index (χ4n) is 1.20. The third-order valence-corrected chi connectivity index (χ3v) is 3.16. The van der Waals surface area contributed by atoms with Gasteiger partial charge in [0, 0.05) is 11.4 Å². The van der Waals surface area contributed by atoms with E-state index in [0.717, 1.165) is 13.0 Å². The highest BCUT2D eigenvalue weighted by atomic mass is 32.1. The van der Waals surface area contributed by atoms with Gasteiger partial charge >= 0.3 is 0 Å². The molecule has 0 aliphatic heterocycles. The maximum atomic E-state index is 4.56. The number of rotatable bonds is 5. The number of aromatic nitrogens is 1. The van der Waals surface area contributed by atoms with Crippen LogP contribution in [0, 0.1) is 5.92 Å². The summed E-state index contributed by atoms with van der Waals surface area (Å²) in [5.41, 5.74) is 1.19. The molecule has 1 rings (SSSR count). The van der Waals surface area contributed by atoms with Crippen LogP contribution in [0.2, 0.25) is 0 Å². The first-order chi connectivity index (χ1) is 6.63. The van der Waals surface area contributed by atoms with Crippen molar-refractivity contribution in [1.29, 1.82) is 0 Å². The van der Waals surface area contributed by atoms with Crippen molar-refractivity contribution in [3.8, 4) is 0 Å². The molecule has 1 aromatic rings. The van der Waals surface area contributed by atoms with Crippen LogP contribution in [-0.2, 0) is 6.42 Å². The van der Waals surface area contributed by atoms with Crippen molar-refractivity contribution in [3.05, 3.63) is 16.1 Å². The van der Waals surface area contributed by atoms with E-state index in [0.29, 0.717) is 12.0 Å². The third kappa shape index (κ3) is 3.39. The van der Waals surface area contributed by atoms with Crippen molar-refractivity contribution in [2.24, 2.45) is 5.92 Å². The molecule has 1 atom stereocenters. The molecule has 3 heteroatoms. The Bertz CT molecular complexity index is 268. The molecule has 0 saturated carbocycles. The third-order valence-electron chi connectivity index (χ3n) is 2.15. The average molecular weight is 212 g/mol. The van der Waals surface area contributed by atoms with E-state index in [1.165, 1.54) is 10.7 Å². The monoisotopic (exact) mass is 212 g/mol. The van der Waals surface area contributed by atoms with Gasteiger partial charge in [-0.15, -0.1) is 11.3 Å². The lowest BCUT2D eigenvalue weighted by molar-refractivity contribution is 0.490. The summed E-state index contributed by atoms with van der Waals surface area (Å²) < 4.78 is 0. The predicted molar refractivity (Wildman–Crippen MR) is 62.7 cm³/mol. The molecule has 0 spiro atoms. The first-order valence-corrected chi connectivity index (χ1v) is 6.19. The van der Waals surface area contributed by atoms with Crippen LogP contribution >= 0.6 is 11.3 Å². The Labute approximate surface area is 90.8 Å². The first-order valence-electron chi connectivity index (χ1n) is 5.31. The van der Waals surface area contributed by atoms with Crippen molar-refractivity contribution in [1.82, 2.24) is 10.3 Å². The molecule has 1 heterocycles. The molecule has 2 nitrogen and oxygen atoms in total. The highest BCUT2D eigenvalue weighted by molar-refractivity contribution is 7.09. The summed E-state index contributed by atoms with van der Waals surface area (Å²) in [7, 11) is 0. The zero-order chi connectivity index (χ0) is 10.6. The predicted octanol–water partition coefficient (Wildman–Crippen LogP) is 3.01. The molecule has 1 N–H and O–H groups in total. The van der Waals surface area contributed by atoms with Gasteiger partial charge in [-0.05, 0) is 25.8 Å². The minimum atomic E-state index is 0.383. The van der Waals surface area contributed by atoms with Crippen LogP contribution in [0.1, 0.15) is 44.4 Å². The maximum absolute atomic E-state index is 4.56. The Balaban J connectivity index is 2.47. The molecule has 0 saturated heterocycles. The van der Waals surface area contributed by atoms with E-state index in [1.807, 2.05) is 0 Å². The van der Waals surface area contributed by atoms with Gasteiger partial charge in [-0.3, -0.25) is 0 Å². The quantitative estimate of drug-likeness (QED) is 0.811. The summed E-state index contributed by atoms with van der Waals surface area (Å²) in [6.07, 6.45) is 1.04. The van der Waals surface area contributed by atoms with Crippen LogP contribution in [0.15, 0.2) is 5.38 Å². The van der Waals surface area contributed by atoms with E-state index in [-0.39, 0.29) is 0 Å². The standard InChI is InChI=1S/C11H20N2S/c1-5-11-13-10(7-14-11)9(4)12-6-8(2)3/h7-9,12H,5-6H2,1-4H3. The van der Waals surface area contributed by atoms with Crippen molar-refractivity contribution >= 4 is 11.3 Å². The summed E-state index contributed by atoms with van der Waals surface area (Å²) in [6.45, 7) is 9.82. The summed E-state index contributed by atoms with van der Waals surface area (Å²) >= 11 is 1.76. The fourth-order valence-corrected chi connectivity index (χ4v) is 2.04. The lowest BCUT2D eigenvalue weighted by atomic mass is 10.2. The zero-order valence-electron chi connectivity index (χ0n) is 9.50. The van der Waals surface area contributed by atoms with E-state index in [9.17, 15) is 0 Å². The zero-order valence-corrected chi connectivity index (χ0v) is 10.3. The van der Waals surface area contributed by atoms with Crippen molar-refractivity contribution < 1.29 is 0 Å². The lowest BCUT2D eigenvalue weighted by Crippen LogP contribution is -2.23. The molecule has 0 bridgehead atoms. The molecule has 0 fully saturated rings. The fraction of sp³-hybridized carbons (Fsp3) is 0.727. The second-order valence-electron chi connectivity index (χ2n) is 4.04. The minimum absolute atomic E-state index is 0.383. The van der Waals surface area contributed by atoms with Gasteiger partial charge < -0.3 is 5.32 Å². The van der Waals surface area contributed by atoms with Gasteiger partial charge in [0.05, 0.1) is 10.7 Å². The molecule has 80 valence electrons. The SMILES string of the molecule is CCc1nc(C(C)NCC(C)C)cs1. The van der Waals surface area contributed by atoms with Crippen LogP contribution < -0.4 is 5.32 Å². The number of hydrogen-bond acceptors (Lipinski definition) is 3. The van der Waals surface area contributed by atoms with Crippen LogP contribution in [0.4, 0.5) is 0 Å². The molecule has 1 unspecified atom stereocenters. The number of nitrogens with zero attached hydrogens (tertiary/aromatic N) is 1. The Hall–Kier alpha value is -0.410. The summed E-state index contributed by atoms with van der Waals surface area (Å²) in [4.78, 5) is 4.56.